The highest BCUT2D eigenvalue weighted by Crippen LogP contribution is 2.39. The number of ether oxygens (including phenoxy) is 2. The molecule has 1 aliphatic heterocycles. The van der Waals surface area contributed by atoms with Crippen LogP contribution in [0.25, 0.3) is 11.1 Å². The first-order chi connectivity index (χ1) is 15.0. The third kappa shape index (κ3) is 6.84. The maximum Gasteiger partial charge on any atom is 0.419 e. The van der Waals surface area contributed by atoms with Crippen LogP contribution in [0.5, 0.6) is 5.75 Å². The topological polar surface area (TPSA) is 69.4 Å². The second-order valence-electron chi connectivity index (χ2n) is 9.24. The normalized spacial score (nSPS) is 18.9. The number of halogens is 3. The quantitative estimate of drug-likeness (QED) is 0.555. The fourth-order valence-corrected chi connectivity index (χ4v) is 4.04. The standard InChI is InChI=1S/C24H32F3N3O2/c1-16(2)13-23(3,28)15-32-21-7-6-17(11-20(21)24(25,26)27)18-8-9-29-22(12-18)30-19-5-4-10-31-14-19/h6-9,11-12,16,19H,4-5,10,13-15,28H2,1-3H3,(H,29,30)/t19?,23-/m0/s1. The number of nitrogens with two attached hydrogens (primary N) is 1. The van der Waals surface area contributed by atoms with Crippen LogP contribution in [0.4, 0.5) is 19.0 Å². The molecule has 1 aromatic heterocycles. The Morgan fingerprint density at radius 2 is 1.97 bits per heavy atom. The molecule has 1 aromatic carbocycles. The number of benzene rings is 1. The highest BCUT2D eigenvalue weighted by atomic mass is 19.4. The minimum Gasteiger partial charge on any atom is -0.491 e. The van der Waals surface area contributed by atoms with Gasteiger partial charge in [-0.05, 0) is 67.5 Å². The summed E-state index contributed by atoms with van der Waals surface area (Å²) in [5.41, 5.74) is 5.75. The molecule has 32 heavy (non-hydrogen) atoms. The van der Waals surface area contributed by atoms with Gasteiger partial charge >= 0.3 is 6.18 Å². The molecule has 1 aliphatic rings. The summed E-state index contributed by atoms with van der Waals surface area (Å²) in [5, 5.41) is 3.30. The number of hydrogen-bond donors (Lipinski definition) is 2. The van der Waals surface area contributed by atoms with E-state index in [2.05, 4.69) is 10.3 Å². The third-order valence-corrected chi connectivity index (χ3v) is 5.32. The maximum atomic E-state index is 13.8. The molecule has 8 heteroatoms. The molecule has 1 unspecified atom stereocenters. The molecular weight excluding hydrogens is 419 g/mol. The minimum absolute atomic E-state index is 0.000388. The Morgan fingerprint density at radius 1 is 1.22 bits per heavy atom. The van der Waals surface area contributed by atoms with E-state index in [-0.39, 0.29) is 18.4 Å². The lowest BCUT2D eigenvalue weighted by Gasteiger charge is -2.27. The van der Waals surface area contributed by atoms with E-state index in [9.17, 15) is 13.2 Å². The summed E-state index contributed by atoms with van der Waals surface area (Å²) < 4.78 is 52.5. The van der Waals surface area contributed by atoms with Gasteiger partial charge in [0.1, 0.15) is 18.2 Å². The molecule has 2 heterocycles. The average Bonchev–Trinajstić information content (AvgIpc) is 2.71. The van der Waals surface area contributed by atoms with Crippen molar-refractivity contribution in [2.75, 3.05) is 25.1 Å². The second-order valence-corrected chi connectivity index (χ2v) is 9.24. The molecule has 0 radical (unpaired) electrons. The van der Waals surface area contributed by atoms with E-state index < -0.39 is 17.3 Å². The SMILES string of the molecule is CC(C)C[C@](C)(N)COc1ccc(-c2ccnc(NC3CCCOC3)c2)cc1C(F)(F)F. The van der Waals surface area contributed by atoms with E-state index >= 15 is 0 Å². The summed E-state index contributed by atoms with van der Waals surface area (Å²) in [5.74, 6) is 0.709. The van der Waals surface area contributed by atoms with Crippen LogP contribution in [0.2, 0.25) is 0 Å². The van der Waals surface area contributed by atoms with Gasteiger partial charge in [-0.15, -0.1) is 0 Å². The van der Waals surface area contributed by atoms with Crippen molar-refractivity contribution in [3.05, 3.63) is 42.1 Å². The summed E-state index contributed by atoms with van der Waals surface area (Å²) in [6.45, 7) is 7.16. The lowest BCUT2D eigenvalue weighted by atomic mass is 9.93. The number of aromatic nitrogens is 1. The lowest BCUT2D eigenvalue weighted by Crippen LogP contribution is -2.43. The summed E-state index contributed by atoms with van der Waals surface area (Å²) in [7, 11) is 0. The molecule has 176 valence electrons. The summed E-state index contributed by atoms with van der Waals surface area (Å²) >= 11 is 0. The number of alkyl halides is 3. The van der Waals surface area contributed by atoms with Crippen LogP contribution >= 0.6 is 0 Å². The fourth-order valence-electron chi connectivity index (χ4n) is 4.04. The first kappa shape index (κ1) is 24.3. The fraction of sp³-hybridized carbons (Fsp3) is 0.542. The number of nitrogens with zero attached hydrogens (tertiary/aromatic N) is 1. The van der Waals surface area contributed by atoms with Crippen molar-refractivity contribution in [2.24, 2.45) is 11.7 Å². The maximum absolute atomic E-state index is 13.8. The molecule has 0 aliphatic carbocycles. The second kappa shape index (κ2) is 10.1. The van der Waals surface area contributed by atoms with Crippen LogP contribution in [-0.4, -0.2) is 36.4 Å². The van der Waals surface area contributed by atoms with Gasteiger partial charge in [-0.1, -0.05) is 19.9 Å². The molecule has 3 N–H and O–H groups in total. The molecule has 1 saturated heterocycles. The monoisotopic (exact) mass is 451 g/mol. The van der Waals surface area contributed by atoms with E-state index in [4.69, 9.17) is 15.2 Å². The van der Waals surface area contributed by atoms with Crippen LogP contribution in [0.3, 0.4) is 0 Å². The summed E-state index contributed by atoms with van der Waals surface area (Å²) in [4.78, 5) is 4.30. The van der Waals surface area contributed by atoms with E-state index in [0.29, 0.717) is 35.9 Å². The zero-order valence-corrected chi connectivity index (χ0v) is 18.8. The Hall–Kier alpha value is -2.32. The third-order valence-electron chi connectivity index (χ3n) is 5.32. The average molecular weight is 452 g/mol. The smallest absolute Gasteiger partial charge is 0.419 e. The van der Waals surface area contributed by atoms with Gasteiger partial charge in [0.05, 0.1) is 18.2 Å². The molecule has 0 spiro atoms. The predicted molar refractivity (Wildman–Crippen MR) is 120 cm³/mol. The Balaban J connectivity index is 1.81. The predicted octanol–water partition coefficient (Wildman–Crippen LogP) is 5.50. The van der Waals surface area contributed by atoms with Gasteiger partial charge in [-0.2, -0.15) is 13.2 Å². The molecule has 0 amide bonds. The van der Waals surface area contributed by atoms with Crippen LogP contribution in [-0.2, 0) is 10.9 Å². The van der Waals surface area contributed by atoms with Gasteiger partial charge in [0.2, 0.25) is 0 Å². The van der Waals surface area contributed by atoms with E-state index in [1.807, 2.05) is 13.8 Å². The zero-order valence-electron chi connectivity index (χ0n) is 18.8. The van der Waals surface area contributed by atoms with E-state index in [0.717, 1.165) is 25.5 Å². The van der Waals surface area contributed by atoms with Crippen LogP contribution < -0.4 is 15.8 Å². The van der Waals surface area contributed by atoms with Gasteiger partial charge in [0.15, 0.2) is 0 Å². The van der Waals surface area contributed by atoms with Gasteiger partial charge in [0.25, 0.3) is 0 Å². The largest absolute Gasteiger partial charge is 0.491 e. The highest BCUT2D eigenvalue weighted by molar-refractivity contribution is 5.68. The molecule has 3 rings (SSSR count). The molecule has 2 atom stereocenters. The first-order valence-corrected chi connectivity index (χ1v) is 11.0. The van der Waals surface area contributed by atoms with Gasteiger partial charge in [-0.25, -0.2) is 4.98 Å². The molecule has 1 fully saturated rings. The van der Waals surface area contributed by atoms with Crippen molar-refractivity contribution in [3.63, 3.8) is 0 Å². The Morgan fingerprint density at radius 3 is 2.62 bits per heavy atom. The van der Waals surface area contributed by atoms with Crippen molar-refractivity contribution >= 4 is 5.82 Å². The zero-order chi connectivity index (χ0) is 23.4. The van der Waals surface area contributed by atoms with E-state index in [1.165, 1.54) is 6.07 Å². The summed E-state index contributed by atoms with van der Waals surface area (Å²) in [6, 6.07) is 7.71. The van der Waals surface area contributed by atoms with Gasteiger partial charge in [-0.3, -0.25) is 0 Å². The van der Waals surface area contributed by atoms with Gasteiger partial charge in [0, 0.05) is 18.3 Å². The number of anilines is 1. The minimum atomic E-state index is -4.55. The number of rotatable bonds is 8. The van der Waals surface area contributed by atoms with Crippen LogP contribution in [0.15, 0.2) is 36.5 Å². The molecule has 0 saturated carbocycles. The number of nitrogens with one attached hydrogen (secondary N) is 1. The Bertz CT molecular complexity index is 894. The van der Waals surface area contributed by atoms with Crippen molar-refractivity contribution in [1.82, 2.24) is 4.98 Å². The number of hydrogen-bond acceptors (Lipinski definition) is 5. The van der Waals surface area contributed by atoms with E-state index in [1.54, 1.807) is 31.3 Å². The Kier molecular flexibility index (Phi) is 7.67. The van der Waals surface area contributed by atoms with Gasteiger partial charge < -0.3 is 20.5 Å². The van der Waals surface area contributed by atoms with Crippen molar-refractivity contribution in [2.45, 2.75) is 57.8 Å². The molecule has 0 bridgehead atoms. The lowest BCUT2D eigenvalue weighted by molar-refractivity contribution is -0.139. The molecular formula is C24H32F3N3O2. The molecule has 5 nitrogen and oxygen atoms in total. The summed E-state index contributed by atoms with van der Waals surface area (Å²) in [6.07, 6.45) is -0.391. The number of pyridine rings is 1. The van der Waals surface area contributed by atoms with Crippen LogP contribution in [0, 0.1) is 5.92 Å². The van der Waals surface area contributed by atoms with Crippen molar-refractivity contribution in [3.8, 4) is 16.9 Å². The van der Waals surface area contributed by atoms with Crippen molar-refractivity contribution in [1.29, 1.82) is 0 Å². The van der Waals surface area contributed by atoms with Crippen molar-refractivity contribution < 1.29 is 22.6 Å². The first-order valence-electron chi connectivity index (χ1n) is 11.0. The highest BCUT2D eigenvalue weighted by Gasteiger charge is 2.35. The Labute approximate surface area is 187 Å². The molecule has 2 aromatic rings. The van der Waals surface area contributed by atoms with Crippen LogP contribution in [0.1, 0.15) is 45.6 Å².